The van der Waals surface area contributed by atoms with E-state index in [1.807, 2.05) is 26.0 Å². The minimum absolute atomic E-state index is 0.629. The molecule has 16 heavy (non-hydrogen) atoms. The molecule has 0 saturated heterocycles. The van der Waals surface area contributed by atoms with Gasteiger partial charge in [0, 0.05) is 29.2 Å². The lowest BCUT2D eigenvalue weighted by molar-refractivity contribution is 1.05. The zero-order valence-corrected chi connectivity index (χ0v) is 9.23. The molecule has 82 valence electrons. The standard InChI is InChI=1S/C11H13N5/c1-7-8(2)14-11(15-10(7)16-12)9-4-3-5-13-6-9/h3-6H,12H2,1-2H3,(H,14,15,16). The largest absolute Gasteiger partial charge is 0.308 e. The van der Waals surface area contributed by atoms with E-state index in [4.69, 9.17) is 5.84 Å². The third kappa shape index (κ3) is 1.85. The van der Waals surface area contributed by atoms with E-state index in [-0.39, 0.29) is 0 Å². The number of nitrogen functional groups attached to an aromatic ring is 1. The third-order valence-electron chi connectivity index (χ3n) is 2.45. The zero-order chi connectivity index (χ0) is 11.5. The molecule has 0 bridgehead atoms. The van der Waals surface area contributed by atoms with Crippen molar-refractivity contribution in [2.75, 3.05) is 5.43 Å². The highest BCUT2D eigenvalue weighted by Gasteiger charge is 2.08. The van der Waals surface area contributed by atoms with E-state index in [0.29, 0.717) is 11.6 Å². The van der Waals surface area contributed by atoms with Gasteiger partial charge in [-0.1, -0.05) is 0 Å². The van der Waals surface area contributed by atoms with Crippen molar-refractivity contribution < 1.29 is 0 Å². The summed E-state index contributed by atoms with van der Waals surface area (Å²) in [7, 11) is 0. The van der Waals surface area contributed by atoms with Crippen molar-refractivity contribution in [3.63, 3.8) is 0 Å². The lowest BCUT2D eigenvalue weighted by Crippen LogP contribution is -2.12. The number of nitrogens with one attached hydrogen (secondary N) is 1. The van der Waals surface area contributed by atoms with Gasteiger partial charge in [0.25, 0.3) is 0 Å². The van der Waals surface area contributed by atoms with Crippen LogP contribution in [0.2, 0.25) is 0 Å². The average molecular weight is 215 g/mol. The average Bonchev–Trinajstić information content (AvgIpc) is 2.33. The smallest absolute Gasteiger partial charge is 0.163 e. The molecule has 0 fully saturated rings. The van der Waals surface area contributed by atoms with Crippen LogP contribution in [0.4, 0.5) is 5.82 Å². The van der Waals surface area contributed by atoms with Crippen LogP contribution < -0.4 is 11.3 Å². The number of anilines is 1. The summed E-state index contributed by atoms with van der Waals surface area (Å²) in [5, 5.41) is 0. The second kappa shape index (κ2) is 4.24. The van der Waals surface area contributed by atoms with Crippen LogP contribution >= 0.6 is 0 Å². The molecule has 0 unspecified atom stereocenters. The van der Waals surface area contributed by atoms with Crippen LogP contribution in [0.5, 0.6) is 0 Å². The maximum absolute atomic E-state index is 5.41. The molecule has 5 heteroatoms. The molecule has 0 aliphatic carbocycles. The highest BCUT2D eigenvalue weighted by molar-refractivity contribution is 5.58. The quantitative estimate of drug-likeness (QED) is 0.585. The van der Waals surface area contributed by atoms with E-state index < -0.39 is 0 Å². The minimum Gasteiger partial charge on any atom is -0.308 e. The minimum atomic E-state index is 0.629. The fourth-order valence-electron chi connectivity index (χ4n) is 1.39. The fourth-order valence-corrected chi connectivity index (χ4v) is 1.39. The Morgan fingerprint density at radius 3 is 2.69 bits per heavy atom. The molecule has 3 N–H and O–H groups in total. The molecule has 0 spiro atoms. The second-order valence-electron chi connectivity index (χ2n) is 3.49. The lowest BCUT2D eigenvalue weighted by atomic mass is 10.2. The van der Waals surface area contributed by atoms with E-state index in [2.05, 4.69) is 20.4 Å². The molecule has 0 radical (unpaired) electrons. The SMILES string of the molecule is Cc1nc(-c2cccnc2)nc(NN)c1C. The van der Waals surface area contributed by atoms with Crippen LogP contribution in [-0.4, -0.2) is 15.0 Å². The van der Waals surface area contributed by atoms with Crippen LogP contribution in [0, 0.1) is 13.8 Å². The predicted molar refractivity (Wildman–Crippen MR) is 62.5 cm³/mol. The van der Waals surface area contributed by atoms with Gasteiger partial charge in [-0.05, 0) is 26.0 Å². The second-order valence-corrected chi connectivity index (χ2v) is 3.49. The maximum atomic E-state index is 5.41. The molecule has 2 rings (SSSR count). The van der Waals surface area contributed by atoms with Crippen LogP contribution in [0.1, 0.15) is 11.3 Å². The summed E-state index contributed by atoms with van der Waals surface area (Å²) < 4.78 is 0. The van der Waals surface area contributed by atoms with Gasteiger partial charge in [-0.2, -0.15) is 0 Å². The van der Waals surface area contributed by atoms with E-state index >= 15 is 0 Å². The van der Waals surface area contributed by atoms with Gasteiger partial charge in [0.2, 0.25) is 0 Å². The summed E-state index contributed by atoms with van der Waals surface area (Å²) in [6.07, 6.45) is 3.44. The first-order valence-electron chi connectivity index (χ1n) is 4.94. The topological polar surface area (TPSA) is 76.7 Å². The van der Waals surface area contributed by atoms with Crippen LogP contribution in [-0.2, 0) is 0 Å². The fraction of sp³-hybridized carbons (Fsp3) is 0.182. The van der Waals surface area contributed by atoms with E-state index in [9.17, 15) is 0 Å². The van der Waals surface area contributed by atoms with Gasteiger partial charge in [-0.25, -0.2) is 15.8 Å². The number of pyridine rings is 1. The zero-order valence-electron chi connectivity index (χ0n) is 9.23. The first-order valence-corrected chi connectivity index (χ1v) is 4.94. The third-order valence-corrected chi connectivity index (χ3v) is 2.45. The molecular weight excluding hydrogens is 202 g/mol. The summed E-state index contributed by atoms with van der Waals surface area (Å²) >= 11 is 0. The molecule has 5 nitrogen and oxygen atoms in total. The van der Waals surface area contributed by atoms with E-state index in [1.54, 1.807) is 12.4 Å². The Bertz CT molecular complexity index is 495. The number of nitrogens with zero attached hydrogens (tertiary/aromatic N) is 3. The molecule has 0 aromatic carbocycles. The highest BCUT2D eigenvalue weighted by atomic mass is 15.3. The molecule has 2 aromatic heterocycles. The number of hydrogen-bond donors (Lipinski definition) is 2. The molecule has 0 atom stereocenters. The van der Waals surface area contributed by atoms with Gasteiger partial charge in [0.15, 0.2) is 5.82 Å². The van der Waals surface area contributed by atoms with Crippen molar-refractivity contribution in [2.45, 2.75) is 13.8 Å². The van der Waals surface area contributed by atoms with Crippen molar-refractivity contribution in [1.29, 1.82) is 0 Å². The Balaban J connectivity index is 2.55. The summed E-state index contributed by atoms with van der Waals surface area (Å²) in [6.45, 7) is 3.86. The maximum Gasteiger partial charge on any atom is 0.163 e. The summed E-state index contributed by atoms with van der Waals surface area (Å²) in [5.41, 5.74) is 5.31. The van der Waals surface area contributed by atoms with Crippen LogP contribution in [0.25, 0.3) is 11.4 Å². The molecule has 0 amide bonds. The predicted octanol–water partition coefficient (Wildman–Crippen LogP) is 1.44. The Labute approximate surface area is 93.7 Å². The van der Waals surface area contributed by atoms with E-state index in [0.717, 1.165) is 16.8 Å². The van der Waals surface area contributed by atoms with Crippen molar-refractivity contribution in [3.8, 4) is 11.4 Å². The van der Waals surface area contributed by atoms with E-state index in [1.165, 1.54) is 0 Å². The van der Waals surface area contributed by atoms with Crippen LogP contribution in [0.3, 0.4) is 0 Å². The first kappa shape index (κ1) is 10.5. The Morgan fingerprint density at radius 2 is 2.06 bits per heavy atom. The number of rotatable bonds is 2. The van der Waals surface area contributed by atoms with Gasteiger partial charge in [0.05, 0.1) is 0 Å². The van der Waals surface area contributed by atoms with Crippen molar-refractivity contribution in [1.82, 2.24) is 15.0 Å². The van der Waals surface area contributed by atoms with Crippen molar-refractivity contribution in [2.24, 2.45) is 5.84 Å². The molecule has 2 heterocycles. The lowest BCUT2D eigenvalue weighted by Gasteiger charge is -2.08. The molecule has 0 aliphatic rings. The first-order chi connectivity index (χ1) is 7.72. The number of hydrazine groups is 1. The molecular formula is C11H13N5. The van der Waals surface area contributed by atoms with Gasteiger partial charge >= 0.3 is 0 Å². The number of nitrogens with two attached hydrogens (primary N) is 1. The number of hydrogen-bond acceptors (Lipinski definition) is 5. The van der Waals surface area contributed by atoms with Gasteiger partial charge in [-0.15, -0.1) is 0 Å². The summed E-state index contributed by atoms with van der Waals surface area (Å²) in [4.78, 5) is 12.8. The number of aryl methyl sites for hydroxylation is 1. The monoisotopic (exact) mass is 215 g/mol. The summed E-state index contributed by atoms with van der Waals surface area (Å²) in [5.74, 6) is 6.68. The van der Waals surface area contributed by atoms with Crippen molar-refractivity contribution >= 4 is 5.82 Å². The number of aromatic nitrogens is 3. The van der Waals surface area contributed by atoms with Crippen molar-refractivity contribution in [3.05, 3.63) is 35.8 Å². The molecule has 0 aliphatic heterocycles. The normalized spacial score (nSPS) is 10.2. The molecule has 0 saturated carbocycles. The highest BCUT2D eigenvalue weighted by Crippen LogP contribution is 2.19. The molecule has 2 aromatic rings. The summed E-state index contributed by atoms with van der Waals surface area (Å²) in [6, 6.07) is 3.76. The Kier molecular flexibility index (Phi) is 2.78. The van der Waals surface area contributed by atoms with Gasteiger partial charge in [0.1, 0.15) is 5.82 Å². The van der Waals surface area contributed by atoms with Crippen LogP contribution in [0.15, 0.2) is 24.5 Å². The Morgan fingerprint density at radius 1 is 1.25 bits per heavy atom. The Hall–Kier alpha value is -2.01. The van der Waals surface area contributed by atoms with Gasteiger partial charge < -0.3 is 5.43 Å². The van der Waals surface area contributed by atoms with Gasteiger partial charge in [-0.3, -0.25) is 4.98 Å².